The van der Waals surface area contributed by atoms with Crippen molar-refractivity contribution in [1.82, 2.24) is 5.32 Å². The fraction of sp³-hybridized carbons (Fsp3) is 0.786. The summed E-state index contributed by atoms with van der Waals surface area (Å²) in [6.45, 7) is 5.47. The van der Waals surface area contributed by atoms with Crippen LogP contribution in [0.1, 0.15) is 40.0 Å². The molecular weight excluding hydrogens is 276 g/mol. The lowest BCUT2D eigenvalue weighted by molar-refractivity contribution is -0.156. The zero-order chi connectivity index (χ0) is 16.2. The van der Waals surface area contributed by atoms with Gasteiger partial charge in [0.1, 0.15) is 12.1 Å². The third kappa shape index (κ3) is 5.71. The summed E-state index contributed by atoms with van der Waals surface area (Å²) in [5.41, 5.74) is 5.43. The predicted octanol–water partition coefficient (Wildman–Crippen LogP) is 0.271. The number of rotatable bonds is 8. The number of carboxylic acid groups (broad SMARTS) is 1. The third-order valence-electron chi connectivity index (χ3n) is 3.44. The first-order chi connectivity index (χ1) is 9.72. The average molecular weight is 300 g/mol. The van der Waals surface area contributed by atoms with E-state index >= 15 is 0 Å². The lowest BCUT2D eigenvalue weighted by Crippen LogP contribution is -2.49. The topological polar surface area (TPSA) is 119 Å². The number of hydrogen-bond acceptors (Lipinski definition) is 5. The molecule has 0 radical (unpaired) electrons. The molecule has 1 aliphatic rings. The van der Waals surface area contributed by atoms with Crippen LogP contribution < -0.4 is 11.1 Å². The van der Waals surface area contributed by atoms with Gasteiger partial charge in [-0.05, 0) is 31.6 Å². The fourth-order valence-electron chi connectivity index (χ4n) is 2.10. The van der Waals surface area contributed by atoms with Crippen molar-refractivity contribution in [1.29, 1.82) is 0 Å². The normalized spacial score (nSPS) is 18.7. The minimum atomic E-state index is -1.18. The number of ether oxygens (including phenoxy) is 1. The van der Waals surface area contributed by atoms with Crippen LogP contribution in [0.2, 0.25) is 0 Å². The van der Waals surface area contributed by atoms with Gasteiger partial charge in [-0.3, -0.25) is 9.59 Å². The average Bonchev–Trinajstić information content (AvgIpc) is 3.18. The van der Waals surface area contributed by atoms with E-state index in [9.17, 15) is 14.4 Å². The second-order valence-electron chi connectivity index (χ2n) is 5.92. The van der Waals surface area contributed by atoms with Gasteiger partial charge in [0.05, 0.1) is 12.5 Å². The van der Waals surface area contributed by atoms with Gasteiger partial charge in [0.2, 0.25) is 5.91 Å². The largest absolute Gasteiger partial charge is 0.481 e. The number of nitrogens with two attached hydrogens (primary N) is 1. The summed E-state index contributed by atoms with van der Waals surface area (Å²) in [7, 11) is 0. The summed E-state index contributed by atoms with van der Waals surface area (Å²) in [5.74, 6) is -1.72. The molecule has 1 unspecified atom stereocenters. The molecule has 7 nitrogen and oxygen atoms in total. The van der Waals surface area contributed by atoms with E-state index < -0.39 is 36.4 Å². The highest BCUT2D eigenvalue weighted by Gasteiger charge is 2.37. The number of nitrogens with one attached hydrogen (secondary N) is 1. The van der Waals surface area contributed by atoms with Gasteiger partial charge in [0.25, 0.3) is 0 Å². The van der Waals surface area contributed by atoms with Crippen molar-refractivity contribution >= 4 is 17.8 Å². The summed E-state index contributed by atoms with van der Waals surface area (Å²) in [6, 6.07) is -2.03. The van der Waals surface area contributed by atoms with Crippen molar-refractivity contribution in [3.63, 3.8) is 0 Å². The summed E-state index contributed by atoms with van der Waals surface area (Å²) in [5, 5.41) is 11.0. The number of carbonyl (C=O) groups is 3. The SMILES string of the molecule is CC(C)C(OC(=O)[C@@H](C)NC(=O)[C@@H](N)CC(=O)O)C1CC1. The van der Waals surface area contributed by atoms with Crippen molar-refractivity contribution in [3.8, 4) is 0 Å². The quantitative estimate of drug-likeness (QED) is 0.554. The predicted molar refractivity (Wildman–Crippen MR) is 75.3 cm³/mol. The van der Waals surface area contributed by atoms with Crippen LogP contribution in [0.3, 0.4) is 0 Å². The molecule has 0 aromatic heterocycles. The third-order valence-corrected chi connectivity index (χ3v) is 3.44. The van der Waals surface area contributed by atoms with Crippen molar-refractivity contribution in [3.05, 3.63) is 0 Å². The molecular formula is C14H24N2O5. The monoisotopic (exact) mass is 300 g/mol. The minimum absolute atomic E-state index is 0.135. The maximum absolute atomic E-state index is 12.0. The second-order valence-corrected chi connectivity index (χ2v) is 5.92. The highest BCUT2D eigenvalue weighted by atomic mass is 16.5. The van der Waals surface area contributed by atoms with Crippen molar-refractivity contribution < 1.29 is 24.2 Å². The zero-order valence-corrected chi connectivity index (χ0v) is 12.7. The molecule has 0 aromatic carbocycles. The molecule has 1 rings (SSSR count). The summed E-state index contributed by atoms with van der Waals surface area (Å²) >= 11 is 0. The lowest BCUT2D eigenvalue weighted by atomic mass is 10.0. The highest BCUT2D eigenvalue weighted by Crippen LogP contribution is 2.37. The Labute approximate surface area is 124 Å². The summed E-state index contributed by atoms with van der Waals surface area (Å²) in [4.78, 5) is 34.1. The molecule has 1 amide bonds. The van der Waals surface area contributed by atoms with E-state index in [0.29, 0.717) is 5.92 Å². The van der Waals surface area contributed by atoms with E-state index in [0.717, 1.165) is 12.8 Å². The van der Waals surface area contributed by atoms with Gasteiger partial charge in [0, 0.05) is 0 Å². The van der Waals surface area contributed by atoms with E-state index in [4.69, 9.17) is 15.6 Å². The summed E-state index contributed by atoms with van der Waals surface area (Å²) < 4.78 is 5.45. The molecule has 120 valence electrons. The van der Waals surface area contributed by atoms with Crippen LogP contribution in [0.25, 0.3) is 0 Å². The first-order valence-corrected chi connectivity index (χ1v) is 7.20. The van der Waals surface area contributed by atoms with E-state index in [1.807, 2.05) is 13.8 Å². The van der Waals surface area contributed by atoms with Crippen LogP contribution >= 0.6 is 0 Å². The van der Waals surface area contributed by atoms with Gasteiger partial charge in [0.15, 0.2) is 0 Å². The van der Waals surface area contributed by atoms with Gasteiger partial charge in [-0.2, -0.15) is 0 Å². The lowest BCUT2D eigenvalue weighted by Gasteiger charge is -2.24. The molecule has 1 aliphatic carbocycles. The van der Waals surface area contributed by atoms with Crippen LogP contribution in [-0.4, -0.2) is 41.1 Å². The number of esters is 1. The molecule has 4 N–H and O–H groups in total. The molecule has 1 saturated carbocycles. The Morgan fingerprint density at radius 2 is 1.86 bits per heavy atom. The Kier molecular flexibility index (Phi) is 6.14. The van der Waals surface area contributed by atoms with Crippen LogP contribution in [0.5, 0.6) is 0 Å². The number of hydrogen-bond donors (Lipinski definition) is 3. The van der Waals surface area contributed by atoms with Crippen LogP contribution in [0.4, 0.5) is 0 Å². The second kappa shape index (κ2) is 7.40. The standard InChI is InChI=1S/C14H24N2O5/c1-7(2)12(9-4-5-9)21-14(20)8(3)16-13(19)10(15)6-11(17)18/h7-10,12H,4-6,15H2,1-3H3,(H,16,19)(H,17,18)/t8-,10+,12?/m1/s1. The molecule has 21 heavy (non-hydrogen) atoms. The van der Waals surface area contributed by atoms with Gasteiger partial charge in [-0.25, -0.2) is 4.79 Å². The summed E-state index contributed by atoms with van der Waals surface area (Å²) in [6.07, 6.45) is 1.50. The van der Waals surface area contributed by atoms with Gasteiger partial charge in [-0.1, -0.05) is 13.8 Å². The first-order valence-electron chi connectivity index (χ1n) is 7.20. The Balaban J connectivity index is 2.46. The number of carboxylic acids is 1. The molecule has 0 aliphatic heterocycles. The molecule has 0 heterocycles. The molecule has 7 heteroatoms. The van der Waals surface area contributed by atoms with Crippen LogP contribution in [0, 0.1) is 11.8 Å². The van der Waals surface area contributed by atoms with Crippen LogP contribution in [-0.2, 0) is 19.1 Å². The maximum atomic E-state index is 12.0. The van der Waals surface area contributed by atoms with Gasteiger partial charge in [-0.15, -0.1) is 0 Å². The Hall–Kier alpha value is -1.63. The zero-order valence-electron chi connectivity index (χ0n) is 12.7. The number of carbonyl (C=O) groups excluding carboxylic acids is 2. The van der Waals surface area contributed by atoms with Gasteiger partial charge < -0.3 is 20.9 Å². The van der Waals surface area contributed by atoms with Crippen molar-refractivity contribution in [2.75, 3.05) is 0 Å². The Morgan fingerprint density at radius 3 is 2.29 bits per heavy atom. The molecule has 1 fully saturated rings. The molecule has 0 bridgehead atoms. The Morgan fingerprint density at radius 1 is 1.29 bits per heavy atom. The molecule has 0 aromatic rings. The van der Waals surface area contributed by atoms with Crippen molar-refractivity contribution in [2.45, 2.75) is 58.2 Å². The van der Waals surface area contributed by atoms with Crippen molar-refractivity contribution in [2.24, 2.45) is 17.6 Å². The molecule has 0 spiro atoms. The molecule has 3 atom stereocenters. The van der Waals surface area contributed by atoms with E-state index in [2.05, 4.69) is 5.32 Å². The van der Waals surface area contributed by atoms with E-state index in [-0.39, 0.29) is 12.0 Å². The minimum Gasteiger partial charge on any atom is -0.481 e. The Bertz CT molecular complexity index is 404. The van der Waals surface area contributed by atoms with E-state index in [1.54, 1.807) is 0 Å². The number of amides is 1. The fourth-order valence-corrected chi connectivity index (χ4v) is 2.10. The smallest absolute Gasteiger partial charge is 0.328 e. The first kappa shape index (κ1) is 17.4. The molecule has 0 saturated heterocycles. The van der Waals surface area contributed by atoms with Gasteiger partial charge >= 0.3 is 11.9 Å². The number of aliphatic carboxylic acids is 1. The maximum Gasteiger partial charge on any atom is 0.328 e. The highest BCUT2D eigenvalue weighted by molar-refractivity contribution is 5.89. The van der Waals surface area contributed by atoms with E-state index in [1.165, 1.54) is 6.92 Å². The van der Waals surface area contributed by atoms with Crippen LogP contribution in [0.15, 0.2) is 0 Å².